The van der Waals surface area contributed by atoms with Crippen molar-refractivity contribution in [1.29, 1.82) is 5.26 Å². The number of nitrogens with zero attached hydrogens (tertiary/aromatic N) is 2. The highest BCUT2D eigenvalue weighted by Crippen LogP contribution is 2.18. The Morgan fingerprint density at radius 1 is 1.44 bits per heavy atom. The van der Waals surface area contributed by atoms with Crippen LogP contribution in [0.3, 0.4) is 0 Å². The lowest BCUT2D eigenvalue weighted by atomic mass is 10.2. The van der Waals surface area contributed by atoms with Crippen LogP contribution in [-0.4, -0.2) is 28.0 Å². The number of hydrogen-bond acceptors (Lipinski definition) is 4. The molecule has 1 unspecified atom stereocenters. The van der Waals surface area contributed by atoms with Crippen molar-refractivity contribution < 1.29 is 22.5 Å². The number of rotatable bonds is 6. The number of halogens is 3. The van der Waals surface area contributed by atoms with Crippen molar-refractivity contribution >= 4 is 23.0 Å². The first kappa shape index (κ1) is 18.9. The number of aromatic nitrogens is 1. The molecule has 0 aliphatic rings. The van der Waals surface area contributed by atoms with Crippen LogP contribution in [0.1, 0.15) is 16.1 Å². The monoisotopic (exact) mass is 370 g/mol. The fourth-order valence-corrected chi connectivity index (χ4v) is 2.88. The molecule has 0 saturated carbocycles. The molecule has 1 aromatic carbocycles. The summed E-state index contributed by atoms with van der Waals surface area (Å²) in [6, 6.07) is 6.47. The summed E-state index contributed by atoms with van der Waals surface area (Å²) in [5.74, 6) is -1.29. The number of nitriles is 1. The van der Waals surface area contributed by atoms with Crippen molar-refractivity contribution in [3.05, 3.63) is 47.5 Å². The lowest BCUT2D eigenvalue weighted by Gasteiger charge is -2.07. The van der Waals surface area contributed by atoms with E-state index in [9.17, 15) is 22.5 Å². The maximum Gasteiger partial charge on any atom is 0.272 e. The molecule has 0 saturated heterocycles. The number of aryl methyl sites for hydroxylation is 1. The van der Waals surface area contributed by atoms with Crippen LogP contribution < -0.4 is 10.0 Å². The van der Waals surface area contributed by atoms with E-state index in [-0.39, 0.29) is 21.8 Å². The number of benzene rings is 1. The smallest absolute Gasteiger partial charge is 0.272 e. The molecule has 2 aromatic rings. The van der Waals surface area contributed by atoms with Gasteiger partial charge >= 0.3 is 0 Å². The van der Waals surface area contributed by atoms with Gasteiger partial charge in [-0.2, -0.15) is 5.26 Å². The van der Waals surface area contributed by atoms with Gasteiger partial charge in [-0.3, -0.25) is 4.79 Å². The SMILES string of the molecule is Cn1cc([S+]([O-])NCC(F)F)cc1C(=O)Nc1ccc(F)c(C#N)c1. The molecule has 132 valence electrons. The lowest BCUT2D eigenvalue weighted by Crippen LogP contribution is -2.28. The van der Waals surface area contributed by atoms with E-state index in [2.05, 4.69) is 10.0 Å². The molecule has 0 spiro atoms. The van der Waals surface area contributed by atoms with E-state index in [1.54, 1.807) is 6.07 Å². The van der Waals surface area contributed by atoms with Crippen LogP contribution in [0.2, 0.25) is 0 Å². The van der Waals surface area contributed by atoms with Crippen molar-refractivity contribution in [3.63, 3.8) is 0 Å². The first-order valence-corrected chi connectivity index (χ1v) is 8.07. The summed E-state index contributed by atoms with van der Waals surface area (Å²) < 4.78 is 52.9. The van der Waals surface area contributed by atoms with Crippen LogP contribution in [0, 0.1) is 17.1 Å². The molecular formula is C15H13F3N4O2S. The topological polar surface area (TPSA) is 92.9 Å². The van der Waals surface area contributed by atoms with Crippen LogP contribution in [0.4, 0.5) is 18.9 Å². The molecular weight excluding hydrogens is 357 g/mol. The Hall–Kier alpha value is -2.48. The molecule has 0 radical (unpaired) electrons. The zero-order valence-corrected chi connectivity index (χ0v) is 13.7. The number of carbonyl (C=O) groups is 1. The van der Waals surface area contributed by atoms with Gasteiger partial charge < -0.3 is 14.4 Å². The van der Waals surface area contributed by atoms with Gasteiger partial charge in [-0.15, -0.1) is 4.72 Å². The van der Waals surface area contributed by atoms with Gasteiger partial charge in [0.1, 0.15) is 24.1 Å². The molecule has 2 rings (SSSR count). The van der Waals surface area contributed by atoms with Gasteiger partial charge in [0.25, 0.3) is 12.3 Å². The maximum absolute atomic E-state index is 13.3. The van der Waals surface area contributed by atoms with E-state index in [1.807, 2.05) is 0 Å². The second-order valence-corrected chi connectivity index (χ2v) is 6.24. The summed E-state index contributed by atoms with van der Waals surface area (Å²) in [6.45, 7) is -0.741. The summed E-state index contributed by atoms with van der Waals surface area (Å²) in [6.07, 6.45) is -1.28. The lowest BCUT2D eigenvalue weighted by molar-refractivity contribution is 0.101. The molecule has 1 atom stereocenters. The van der Waals surface area contributed by atoms with Crippen molar-refractivity contribution in [3.8, 4) is 6.07 Å². The summed E-state index contributed by atoms with van der Waals surface area (Å²) >= 11 is -1.89. The molecule has 1 amide bonds. The normalized spacial score (nSPS) is 12.0. The minimum Gasteiger partial charge on any atom is -0.593 e. The van der Waals surface area contributed by atoms with E-state index in [0.29, 0.717) is 0 Å². The van der Waals surface area contributed by atoms with Crippen LogP contribution in [-0.2, 0) is 18.4 Å². The van der Waals surface area contributed by atoms with Crippen molar-refractivity contribution in [2.24, 2.45) is 7.05 Å². The van der Waals surface area contributed by atoms with Crippen LogP contribution in [0.15, 0.2) is 35.4 Å². The van der Waals surface area contributed by atoms with Crippen molar-refractivity contribution in [2.45, 2.75) is 11.3 Å². The maximum atomic E-state index is 13.3. The number of amides is 1. The third kappa shape index (κ3) is 4.76. The van der Waals surface area contributed by atoms with E-state index in [0.717, 1.165) is 6.07 Å². The molecule has 0 aliphatic heterocycles. The van der Waals surface area contributed by atoms with Gasteiger partial charge in [0.05, 0.1) is 23.1 Å². The Morgan fingerprint density at radius 2 is 2.16 bits per heavy atom. The zero-order chi connectivity index (χ0) is 18.6. The standard InChI is InChI=1S/C15H13F3N4O2S/c1-22-8-11(25(24)20-7-14(17)18)5-13(22)15(23)21-10-2-3-12(16)9(4-10)6-19/h2-5,8,14,20H,7H2,1H3,(H,21,23). The number of carbonyl (C=O) groups excluding carboxylic acids is 1. The second kappa shape index (κ2) is 8.06. The van der Waals surface area contributed by atoms with Crippen LogP contribution >= 0.6 is 0 Å². The van der Waals surface area contributed by atoms with Crippen LogP contribution in [0.5, 0.6) is 0 Å². The van der Waals surface area contributed by atoms with Crippen LogP contribution in [0.25, 0.3) is 0 Å². The Kier molecular flexibility index (Phi) is 6.08. The molecule has 6 nitrogen and oxygen atoms in total. The third-order valence-corrected chi connectivity index (χ3v) is 4.22. The molecule has 0 fully saturated rings. The number of alkyl halides is 2. The minimum atomic E-state index is -2.65. The Bertz CT molecular complexity index is 820. The predicted molar refractivity (Wildman–Crippen MR) is 84.9 cm³/mol. The summed E-state index contributed by atoms with van der Waals surface area (Å²) in [5.41, 5.74) is 0.107. The molecule has 25 heavy (non-hydrogen) atoms. The quantitative estimate of drug-likeness (QED) is 0.762. The van der Waals surface area contributed by atoms with E-state index < -0.39 is 36.1 Å². The largest absolute Gasteiger partial charge is 0.593 e. The van der Waals surface area contributed by atoms with Gasteiger partial charge in [0.15, 0.2) is 4.90 Å². The highest BCUT2D eigenvalue weighted by molar-refractivity contribution is 7.89. The fraction of sp³-hybridized carbons (Fsp3) is 0.200. The van der Waals surface area contributed by atoms with Crippen molar-refractivity contribution in [2.75, 3.05) is 11.9 Å². The average molecular weight is 370 g/mol. The summed E-state index contributed by atoms with van der Waals surface area (Å²) in [7, 11) is 1.52. The predicted octanol–water partition coefficient (Wildman–Crippen LogP) is 2.17. The van der Waals surface area contributed by atoms with E-state index in [4.69, 9.17) is 5.26 Å². The second-order valence-electron chi connectivity index (χ2n) is 4.94. The average Bonchev–Trinajstić information content (AvgIpc) is 2.96. The Labute approximate surface area is 144 Å². The first-order valence-electron chi connectivity index (χ1n) is 6.92. The minimum absolute atomic E-state index is 0.116. The van der Waals surface area contributed by atoms with E-state index in [1.165, 1.54) is 36.0 Å². The Balaban J connectivity index is 2.13. The molecule has 0 aliphatic carbocycles. The van der Waals surface area contributed by atoms with Crippen molar-refractivity contribution in [1.82, 2.24) is 9.29 Å². The van der Waals surface area contributed by atoms with Gasteiger partial charge in [0, 0.05) is 18.8 Å². The van der Waals surface area contributed by atoms with Gasteiger partial charge in [-0.05, 0) is 18.2 Å². The number of anilines is 1. The first-order chi connectivity index (χ1) is 11.8. The van der Waals surface area contributed by atoms with Gasteiger partial charge in [0.2, 0.25) is 0 Å². The zero-order valence-electron chi connectivity index (χ0n) is 12.9. The highest BCUT2D eigenvalue weighted by atomic mass is 32.2. The third-order valence-electron chi connectivity index (χ3n) is 3.14. The van der Waals surface area contributed by atoms with Gasteiger partial charge in [-0.1, -0.05) is 0 Å². The fourth-order valence-electron chi connectivity index (χ4n) is 1.97. The molecule has 0 bridgehead atoms. The summed E-state index contributed by atoms with van der Waals surface area (Å²) in [5, 5.41) is 11.3. The highest BCUT2D eigenvalue weighted by Gasteiger charge is 2.21. The molecule has 1 heterocycles. The summed E-state index contributed by atoms with van der Waals surface area (Å²) in [4.78, 5) is 12.4. The number of hydrogen-bond donors (Lipinski definition) is 2. The van der Waals surface area contributed by atoms with E-state index >= 15 is 0 Å². The Morgan fingerprint density at radius 3 is 2.80 bits per heavy atom. The van der Waals surface area contributed by atoms with Gasteiger partial charge in [-0.25, -0.2) is 13.2 Å². The molecule has 10 heteroatoms. The number of nitrogens with one attached hydrogen (secondary N) is 2. The molecule has 1 aromatic heterocycles. The molecule has 2 N–H and O–H groups in total.